The number of nitrogens with one attached hydrogen (secondary N) is 2. The van der Waals surface area contributed by atoms with Gasteiger partial charge in [0.05, 0.1) is 17.3 Å². The lowest BCUT2D eigenvalue weighted by Gasteiger charge is -2.23. The van der Waals surface area contributed by atoms with Crippen molar-refractivity contribution in [3.63, 3.8) is 0 Å². The highest BCUT2D eigenvalue weighted by Crippen LogP contribution is 2.12. The number of benzene rings is 1. The van der Waals surface area contributed by atoms with Crippen LogP contribution in [-0.4, -0.2) is 52.5 Å². The predicted molar refractivity (Wildman–Crippen MR) is 98.2 cm³/mol. The summed E-state index contributed by atoms with van der Waals surface area (Å²) in [5, 5.41) is 6.45. The van der Waals surface area contributed by atoms with E-state index in [0.29, 0.717) is 30.4 Å². The summed E-state index contributed by atoms with van der Waals surface area (Å²) in [6.45, 7) is 7.03. The monoisotopic (exact) mass is 355 g/mol. The molecule has 0 amide bonds. The minimum Gasteiger partial charge on any atom is -0.383 e. The molecular weight excluding hydrogens is 326 g/mol. The van der Waals surface area contributed by atoms with E-state index >= 15 is 0 Å². The Labute approximate surface area is 145 Å². The van der Waals surface area contributed by atoms with Gasteiger partial charge in [-0.2, -0.15) is 0 Å². The quantitative estimate of drug-likeness (QED) is 0.522. The zero-order chi connectivity index (χ0) is 18.0. The van der Waals surface area contributed by atoms with Crippen LogP contribution in [0.15, 0.2) is 40.2 Å². The van der Waals surface area contributed by atoms with Crippen LogP contribution >= 0.6 is 0 Å². The van der Waals surface area contributed by atoms with Gasteiger partial charge in [-0.15, -0.1) is 0 Å². The minimum atomic E-state index is -3.34. The van der Waals surface area contributed by atoms with Gasteiger partial charge in [0.15, 0.2) is 15.8 Å². The molecular formula is C17H29N3O3S. The lowest BCUT2D eigenvalue weighted by molar-refractivity contribution is 0.179. The van der Waals surface area contributed by atoms with E-state index in [1.165, 1.54) is 0 Å². The number of guanidine groups is 1. The summed E-state index contributed by atoms with van der Waals surface area (Å²) < 4.78 is 30.2. The Morgan fingerprint density at radius 2 is 1.88 bits per heavy atom. The molecule has 1 rings (SSSR count). The molecule has 0 aliphatic rings. The van der Waals surface area contributed by atoms with Crippen LogP contribution in [0.1, 0.15) is 27.2 Å². The van der Waals surface area contributed by atoms with Gasteiger partial charge in [0, 0.05) is 25.7 Å². The van der Waals surface area contributed by atoms with Crippen molar-refractivity contribution < 1.29 is 13.2 Å². The van der Waals surface area contributed by atoms with Crippen LogP contribution in [0.3, 0.4) is 0 Å². The summed E-state index contributed by atoms with van der Waals surface area (Å²) in [6.07, 6.45) is 0.676. The molecule has 1 aromatic carbocycles. The summed E-state index contributed by atoms with van der Waals surface area (Å²) >= 11 is 0. The predicted octanol–water partition coefficient (Wildman–Crippen LogP) is 1.83. The summed E-state index contributed by atoms with van der Waals surface area (Å²) in [6, 6.07) is 8.39. The third kappa shape index (κ3) is 6.88. The molecule has 2 unspecified atom stereocenters. The van der Waals surface area contributed by atoms with Gasteiger partial charge in [0.1, 0.15) is 0 Å². The van der Waals surface area contributed by atoms with Crippen molar-refractivity contribution in [2.45, 2.75) is 44.2 Å². The fraction of sp³-hybridized carbons (Fsp3) is 0.588. The van der Waals surface area contributed by atoms with Gasteiger partial charge in [-0.3, -0.25) is 4.99 Å². The van der Waals surface area contributed by atoms with Crippen LogP contribution in [0.25, 0.3) is 0 Å². The maximum Gasteiger partial charge on any atom is 0.191 e. The zero-order valence-electron chi connectivity index (χ0n) is 15.0. The molecule has 0 saturated heterocycles. The first-order valence-electron chi connectivity index (χ1n) is 8.27. The van der Waals surface area contributed by atoms with Crippen LogP contribution in [0.2, 0.25) is 0 Å². The fourth-order valence-corrected chi connectivity index (χ4v) is 3.87. The zero-order valence-corrected chi connectivity index (χ0v) is 15.8. The molecule has 0 bridgehead atoms. The summed E-state index contributed by atoms with van der Waals surface area (Å²) in [5.41, 5.74) is 0. The van der Waals surface area contributed by atoms with E-state index in [-0.39, 0.29) is 17.8 Å². The van der Waals surface area contributed by atoms with Gasteiger partial charge in [-0.05, 0) is 32.4 Å². The smallest absolute Gasteiger partial charge is 0.191 e. The summed E-state index contributed by atoms with van der Waals surface area (Å²) in [4.78, 5) is 4.73. The van der Waals surface area contributed by atoms with Gasteiger partial charge in [-0.25, -0.2) is 8.42 Å². The van der Waals surface area contributed by atoms with E-state index in [9.17, 15) is 8.42 Å². The minimum absolute atomic E-state index is 0.0244. The van der Waals surface area contributed by atoms with Crippen molar-refractivity contribution in [3.05, 3.63) is 30.3 Å². The van der Waals surface area contributed by atoms with E-state index in [0.717, 1.165) is 0 Å². The highest BCUT2D eigenvalue weighted by atomic mass is 32.2. The molecule has 0 spiro atoms. The standard InChI is InChI=1S/C17H29N3O3S/c1-5-15(13-24(21,22)16-10-8-7-9-11-16)20-17(18-6-2)19-14(3)12-23-4/h7-11,14-15H,5-6,12-13H2,1-4H3,(H2,18,19,20). The van der Waals surface area contributed by atoms with Crippen LogP contribution in [0.4, 0.5) is 0 Å². The number of hydrogen-bond donors (Lipinski definition) is 2. The first kappa shape index (κ1) is 20.4. The van der Waals surface area contributed by atoms with Gasteiger partial charge in [0.2, 0.25) is 0 Å². The normalized spacial score (nSPS) is 14.9. The number of sulfone groups is 1. The fourth-order valence-electron chi connectivity index (χ4n) is 2.26. The molecule has 7 heteroatoms. The summed E-state index contributed by atoms with van der Waals surface area (Å²) in [7, 11) is -1.70. The first-order chi connectivity index (χ1) is 11.4. The number of methoxy groups -OCH3 is 1. The maximum absolute atomic E-state index is 12.5. The SMILES string of the molecule is CCN=C(NC(C)COC)NC(CC)CS(=O)(=O)c1ccccc1. The van der Waals surface area contributed by atoms with Crippen molar-refractivity contribution in [3.8, 4) is 0 Å². The van der Waals surface area contributed by atoms with Crippen LogP contribution < -0.4 is 10.6 Å². The Balaban J connectivity index is 2.79. The van der Waals surface area contributed by atoms with Gasteiger partial charge >= 0.3 is 0 Å². The highest BCUT2D eigenvalue weighted by Gasteiger charge is 2.21. The molecule has 0 aliphatic heterocycles. The molecule has 136 valence electrons. The number of ether oxygens (including phenoxy) is 1. The molecule has 2 N–H and O–H groups in total. The molecule has 0 fully saturated rings. The Kier molecular flexibility index (Phi) is 8.78. The molecule has 0 heterocycles. The second kappa shape index (κ2) is 10.3. The van der Waals surface area contributed by atoms with Gasteiger partial charge in [0.25, 0.3) is 0 Å². The lowest BCUT2D eigenvalue weighted by atomic mass is 10.2. The number of hydrogen-bond acceptors (Lipinski definition) is 4. The Morgan fingerprint density at radius 1 is 1.21 bits per heavy atom. The van der Waals surface area contributed by atoms with Crippen LogP contribution in [-0.2, 0) is 14.6 Å². The third-order valence-corrected chi connectivity index (χ3v) is 5.30. The van der Waals surface area contributed by atoms with E-state index in [4.69, 9.17) is 4.74 Å². The van der Waals surface area contributed by atoms with Crippen molar-refractivity contribution in [1.29, 1.82) is 0 Å². The molecule has 2 atom stereocenters. The molecule has 1 aromatic rings. The van der Waals surface area contributed by atoms with E-state index in [1.54, 1.807) is 31.4 Å². The molecule has 0 saturated carbocycles. The largest absolute Gasteiger partial charge is 0.383 e. The van der Waals surface area contributed by atoms with Crippen molar-refractivity contribution in [2.75, 3.05) is 26.0 Å². The highest BCUT2D eigenvalue weighted by molar-refractivity contribution is 7.91. The number of nitrogens with zero attached hydrogens (tertiary/aromatic N) is 1. The molecule has 0 aliphatic carbocycles. The second-order valence-corrected chi connectivity index (χ2v) is 7.70. The van der Waals surface area contributed by atoms with E-state index in [2.05, 4.69) is 15.6 Å². The molecule has 0 radical (unpaired) electrons. The van der Waals surface area contributed by atoms with Crippen molar-refractivity contribution >= 4 is 15.8 Å². The maximum atomic E-state index is 12.5. The third-order valence-electron chi connectivity index (χ3n) is 3.47. The van der Waals surface area contributed by atoms with Crippen molar-refractivity contribution in [1.82, 2.24) is 10.6 Å². The Hall–Kier alpha value is -1.60. The Bertz CT molecular complexity index is 603. The molecule has 24 heavy (non-hydrogen) atoms. The van der Waals surface area contributed by atoms with Gasteiger partial charge in [-0.1, -0.05) is 25.1 Å². The average molecular weight is 356 g/mol. The average Bonchev–Trinajstić information content (AvgIpc) is 2.55. The van der Waals surface area contributed by atoms with Crippen molar-refractivity contribution in [2.24, 2.45) is 4.99 Å². The summed E-state index contributed by atoms with van der Waals surface area (Å²) in [5.74, 6) is 0.633. The van der Waals surface area contributed by atoms with Crippen LogP contribution in [0.5, 0.6) is 0 Å². The van der Waals surface area contributed by atoms with E-state index < -0.39 is 9.84 Å². The van der Waals surface area contributed by atoms with E-state index in [1.807, 2.05) is 26.8 Å². The topological polar surface area (TPSA) is 79.8 Å². The number of rotatable bonds is 9. The lowest BCUT2D eigenvalue weighted by Crippen LogP contribution is -2.49. The first-order valence-corrected chi connectivity index (χ1v) is 9.92. The van der Waals surface area contributed by atoms with Crippen LogP contribution in [0, 0.1) is 0 Å². The Morgan fingerprint density at radius 3 is 2.42 bits per heavy atom. The molecule has 0 aromatic heterocycles. The second-order valence-electron chi connectivity index (χ2n) is 5.67. The number of aliphatic imine (C=N–C) groups is 1. The van der Waals surface area contributed by atoms with Gasteiger partial charge < -0.3 is 15.4 Å². The molecule has 6 nitrogen and oxygen atoms in total.